The molecule has 13 heteroatoms. The number of ether oxygens (including phenoxy) is 3. The normalized spacial score (nSPS) is 28.2. The lowest BCUT2D eigenvalue weighted by molar-refractivity contribution is -0.111. The number of piperazine rings is 1. The van der Waals surface area contributed by atoms with Crippen LogP contribution in [-0.2, 0) is 14.3 Å². The van der Waals surface area contributed by atoms with E-state index in [1.807, 2.05) is 12.1 Å². The number of nitrogens with zero attached hydrogens (tertiary/aromatic N) is 4. The summed E-state index contributed by atoms with van der Waals surface area (Å²) in [7, 11) is 2.11. The van der Waals surface area contributed by atoms with Gasteiger partial charge in [-0.25, -0.2) is 13.8 Å². The van der Waals surface area contributed by atoms with Gasteiger partial charge in [-0.1, -0.05) is 18.2 Å². The van der Waals surface area contributed by atoms with Crippen LogP contribution in [0, 0.1) is 0 Å². The molecule has 2 N–H and O–H groups in total. The highest BCUT2D eigenvalue weighted by Gasteiger charge is 2.59. The Hall–Kier alpha value is -3.06. The average molecular weight is 565 g/mol. The Morgan fingerprint density at radius 1 is 1.28 bits per heavy atom. The smallest absolute Gasteiger partial charge is 0.299 e. The molecule has 0 spiro atoms. The third-order valence-electron chi connectivity index (χ3n) is 7.36. The van der Waals surface area contributed by atoms with Crippen molar-refractivity contribution < 1.29 is 27.8 Å². The number of benzene rings is 1. The van der Waals surface area contributed by atoms with Gasteiger partial charge in [-0.15, -0.1) is 0 Å². The molecular formula is C26H31ClF2N6O4. The molecule has 0 aliphatic carbocycles. The first-order valence-corrected chi connectivity index (χ1v) is 13.0. The second-order valence-electron chi connectivity index (χ2n) is 10.1. The monoisotopic (exact) mass is 564 g/mol. The molecule has 5 rings (SSSR count). The summed E-state index contributed by atoms with van der Waals surface area (Å²) in [4.78, 5) is 25.3. The predicted octanol–water partition coefficient (Wildman–Crippen LogP) is 3.71. The third kappa shape index (κ3) is 5.65. The van der Waals surface area contributed by atoms with Crippen LogP contribution in [0.3, 0.4) is 0 Å². The molecule has 10 nitrogen and oxygen atoms in total. The number of fused-ring (bicyclic) bond motifs is 1. The van der Waals surface area contributed by atoms with E-state index in [-0.39, 0.29) is 29.4 Å². The van der Waals surface area contributed by atoms with Crippen LogP contribution in [-0.4, -0.2) is 90.4 Å². The topological polar surface area (TPSA) is 101 Å². The summed E-state index contributed by atoms with van der Waals surface area (Å²) < 4.78 is 44.1. The number of hydrogen-bond acceptors (Lipinski definition) is 9. The molecule has 210 valence electrons. The van der Waals surface area contributed by atoms with Crippen molar-refractivity contribution in [3.05, 3.63) is 42.1 Å². The molecule has 4 heterocycles. The molecule has 39 heavy (non-hydrogen) atoms. The fourth-order valence-electron chi connectivity index (χ4n) is 5.07. The molecule has 0 saturated carbocycles. The van der Waals surface area contributed by atoms with E-state index in [1.165, 1.54) is 12.3 Å². The molecule has 5 atom stereocenters. The van der Waals surface area contributed by atoms with E-state index >= 15 is 0 Å². The van der Waals surface area contributed by atoms with Gasteiger partial charge in [0.15, 0.2) is 12.2 Å². The van der Waals surface area contributed by atoms with Gasteiger partial charge in [-0.05, 0) is 45.2 Å². The molecule has 0 unspecified atom stereocenters. The zero-order valence-corrected chi connectivity index (χ0v) is 22.6. The van der Waals surface area contributed by atoms with Crippen LogP contribution in [0.25, 0.3) is 0 Å². The number of carbonyl (C=O) groups excluding carboxylic acids is 1. The molecule has 3 fully saturated rings. The Morgan fingerprint density at radius 2 is 2.03 bits per heavy atom. The molecule has 1 amide bonds. The van der Waals surface area contributed by atoms with Crippen molar-refractivity contribution in [1.82, 2.24) is 14.9 Å². The van der Waals surface area contributed by atoms with Crippen LogP contribution in [0.2, 0.25) is 5.02 Å². The van der Waals surface area contributed by atoms with E-state index in [0.717, 1.165) is 18.8 Å². The molecule has 3 saturated heterocycles. The zero-order chi connectivity index (χ0) is 27.9. The Balaban J connectivity index is 1.35. The lowest BCUT2D eigenvalue weighted by Gasteiger charge is -2.44. The highest BCUT2D eigenvalue weighted by molar-refractivity contribution is 6.31. The molecule has 0 radical (unpaired) electrons. The van der Waals surface area contributed by atoms with Gasteiger partial charge >= 0.3 is 0 Å². The average Bonchev–Trinajstić information content (AvgIpc) is 3.44. The lowest BCUT2D eigenvalue weighted by atomic mass is 10.1. The number of nitrogens with one attached hydrogen (secondary N) is 2. The highest BCUT2D eigenvalue weighted by Crippen LogP contribution is 2.40. The lowest BCUT2D eigenvalue weighted by Crippen LogP contribution is -2.55. The maximum absolute atomic E-state index is 13.9. The molecule has 1 aromatic carbocycles. The first kappa shape index (κ1) is 27.5. The molecule has 3 aliphatic rings. The number of amides is 1. The molecular weight excluding hydrogens is 534 g/mol. The summed E-state index contributed by atoms with van der Waals surface area (Å²) in [5.74, 6) is -3.23. The number of rotatable bonds is 7. The second kappa shape index (κ2) is 10.8. The van der Waals surface area contributed by atoms with Crippen LogP contribution in [0.5, 0.6) is 5.88 Å². The van der Waals surface area contributed by atoms with Gasteiger partial charge < -0.3 is 29.7 Å². The summed E-state index contributed by atoms with van der Waals surface area (Å²) in [6, 6.07) is 6.22. The molecule has 0 bridgehead atoms. The van der Waals surface area contributed by atoms with E-state index in [2.05, 4.69) is 57.9 Å². The van der Waals surface area contributed by atoms with Gasteiger partial charge in [-0.2, -0.15) is 4.98 Å². The minimum Gasteiger partial charge on any atom is -0.468 e. The molecule has 2 aromatic rings. The maximum Gasteiger partial charge on any atom is 0.299 e. The minimum atomic E-state index is -3.07. The minimum absolute atomic E-state index is 0.0134. The first-order valence-electron chi connectivity index (χ1n) is 12.7. The van der Waals surface area contributed by atoms with Gasteiger partial charge in [0.25, 0.3) is 5.92 Å². The van der Waals surface area contributed by atoms with Crippen LogP contribution >= 0.6 is 11.6 Å². The van der Waals surface area contributed by atoms with Gasteiger partial charge in [0.05, 0.1) is 24.2 Å². The molecule has 3 aliphatic heterocycles. The van der Waals surface area contributed by atoms with Crippen LogP contribution in [0.1, 0.15) is 13.8 Å². The van der Waals surface area contributed by atoms with E-state index < -0.39 is 30.8 Å². The third-order valence-corrected chi connectivity index (χ3v) is 7.62. The van der Waals surface area contributed by atoms with Crippen LogP contribution < -0.4 is 20.3 Å². The van der Waals surface area contributed by atoms with Crippen LogP contribution in [0.4, 0.5) is 31.8 Å². The van der Waals surface area contributed by atoms with Gasteiger partial charge in [0, 0.05) is 30.9 Å². The predicted molar refractivity (Wildman–Crippen MR) is 143 cm³/mol. The zero-order valence-electron chi connectivity index (χ0n) is 21.9. The highest BCUT2D eigenvalue weighted by atomic mass is 35.5. The Labute approximate surface area is 230 Å². The quantitative estimate of drug-likeness (QED) is 0.487. The maximum atomic E-state index is 13.9. The van der Waals surface area contributed by atoms with Crippen molar-refractivity contribution in [2.75, 3.05) is 48.9 Å². The van der Waals surface area contributed by atoms with Crippen molar-refractivity contribution in [2.24, 2.45) is 0 Å². The van der Waals surface area contributed by atoms with E-state index in [9.17, 15) is 13.6 Å². The summed E-state index contributed by atoms with van der Waals surface area (Å²) in [6.45, 7) is 8.69. The van der Waals surface area contributed by atoms with Gasteiger partial charge in [0.2, 0.25) is 17.7 Å². The first-order chi connectivity index (χ1) is 18.6. The number of hydrogen-bond donors (Lipinski definition) is 2. The number of alkyl halides is 2. The SMILES string of the molecule is C=CC(=O)Nc1cc(Nc2ncc(Cl)c(O[C@H]3CO[C@@H]4[C@H]3OCC4(F)F)n2)ccc1N1C[C@@H](C)N(C)[C@@H](C)C1. The summed E-state index contributed by atoms with van der Waals surface area (Å²) in [5.41, 5.74) is 2.09. The largest absolute Gasteiger partial charge is 0.468 e. The van der Waals surface area contributed by atoms with Crippen molar-refractivity contribution >= 4 is 40.5 Å². The number of aromatic nitrogens is 2. The number of anilines is 4. The van der Waals surface area contributed by atoms with Crippen molar-refractivity contribution in [2.45, 2.75) is 50.2 Å². The number of carbonyl (C=O) groups is 1. The fourth-order valence-corrected chi connectivity index (χ4v) is 5.21. The molecule has 1 aromatic heterocycles. The summed E-state index contributed by atoms with van der Waals surface area (Å²) in [6.07, 6.45) is -0.518. The summed E-state index contributed by atoms with van der Waals surface area (Å²) in [5, 5.41) is 6.10. The van der Waals surface area contributed by atoms with E-state index in [0.29, 0.717) is 23.5 Å². The van der Waals surface area contributed by atoms with Crippen LogP contribution in [0.15, 0.2) is 37.1 Å². The van der Waals surface area contributed by atoms with Gasteiger partial charge in [0.1, 0.15) is 17.7 Å². The van der Waals surface area contributed by atoms with Crippen molar-refractivity contribution in [3.63, 3.8) is 0 Å². The van der Waals surface area contributed by atoms with E-state index in [4.69, 9.17) is 25.8 Å². The van der Waals surface area contributed by atoms with Crippen molar-refractivity contribution in [3.8, 4) is 5.88 Å². The Morgan fingerprint density at radius 3 is 2.74 bits per heavy atom. The number of likely N-dealkylation sites (N-methyl/N-ethyl adjacent to an activating group) is 1. The Kier molecular flexibility index (Phi) is 7.64. The second-order valence-corrected chi connectivity index (χ2v) is 10.5. The number of halogens is 3. The standard InChI is InChI=1S/C26H31ClF2N6O4/c1-5-21(36)32-18-8-16(6-7-19(18)35-10-14(2)34(4)15(3)11-35)31-25-30-9-17(27)24(33-25)39-20-12-37-23-22(20)38-13-26(23,28)29/h5-9,14-15,20,22-23H,1,10-13H2,2-4H3,(H,32,36)(H,30,31,33)/t14-,15+,20-,22-,23+/m0/s1. The van der Waals surface area contributed by atoms with E-state index in [1.54, 1.807) is 6.07 Å². The summed E-state index contributed by atoms with van der Waals surface area (Å²) >= 11 is 6.24. The van der Waals surface area contributed by atoms with Crippen molar-refractivity contribution in [1.29, 1.82) is 0 Å². The Bertz CT molecular complexity index is 1240. The fraction of sp³-hybridized carbons (Fsp3) is 0.500. The van der Waals surface area contributed by atoms with Gasteiger partial charge in [-0.3, -0.25) is 9.69 Å².